The summed E-state index contributed by atoms with van der Waals surface area (Å²) in [5.41, 5.74) is -0.673. The first kappa shape index (κ1) is 26.5. The van der Waals surface area contributed by atoms with Gasteiger partial charge in [-0.05, 0) is 24.1 Å². The number of aliphatic hydroxyl groups excluding tert-OH is 2. The first-order valence-electron chi connectivity index (χ1n) is 10.5. The van der Waals surface area contributed by atoms with Crippen molar-refractivity contribution in [1.29, 1.82) is 0 Å². The molecule has 4 atom stereocenters. The number of hydrogen-bond acceptors (Lipinski definition) is 8. The molecule has 1 aromatic carbocycles. The third kappa shape index (κ3) is 7.18. The van der Waals surface area contributed by atoms with Gasteiger partial charge in [0.15, 0.2) is 12.3 Å². The number of hydrogen-bond donors (Lipinski definition) is 7. The number of H-pyrrole nitrogens is 1. The van der Waals surface area contributed by atoms with Gasteiger partial charge >= 0.3 is 13.3 Å². The van der Waals surface area contributed by atoms with Crippen molar-refractivity contribution < 1.29 is 38.9 Å². The molecular weight excluding hydrogens is 487 g/mol. The van der Waals surface area contributed by atoms with Crippen LogP contribution >= 0.6 is 7.60 Å². The molecule has 14 nitrogen and oxygen atoms in total. The van der Waals surface area contributed by atoms with Crippen LogP contribution in [-0.2, 0) is 25.1 Å². The minimum Gasteiger partial charge on any atom is -0.387 e. The molecule has 2 aromatic rings. The van der Waals surface area contributed by atoms with Crippen molar-refractivity contribution in [1.82, 2.24) is 14.9 Å². The maximum Gasteiger partial charge on any atom is 0.330 e. The summed E-state index contributed by atoms with van der Waals surface area (Å²) in [4.78, 5) is 67.5. The van der Waals surface area contributed by atoms with E-state index >= 15 is 0 Å². The smallest absolute Gasteiger partial charge is 0.330 e. The van der Waals surface area contributed by atoms with Gasteiger partial charge in [-0.15, -0.1) is 0 Å². The predicted octanol–water partition coefficient (Wildman–Crippen LogP) is -1.63. The molecule has 0 unspecified atom stereocenters. The molecular formula is C20H25N4O10P. The van der Waals surface area contributed by atoms with E-state index in [0.717, 1.165) is 16.8 Å². The van der Waals surface area contributed by atoms with Gasteiger partial charge in [0.25, 0.3) is 11.5 Å². The molecule has 0 aliphatic carbocycles. The fraction of sp³-hybridized carbons (Fsp3) is 0.400. The minimum atomic E-state index is -4.18. The summed E-state index contributed by atoms with van der Waals surface area (Å²) in [6, 6.07) is 7.03. The summed E-state index contributed by atoms with van der Waals surface area (Å²) in [6.45, 7) is 0.0550. The Morgan fingerprint density at radius 3 is 2.40 bits per heavy atom. The van der Waals surface area contributed by atoms with Gasteiger partial charge in [-0.2, -0.15) is 0 Å². The molecule has 1 aliphatic heterocycles. The summed E-state index contributed by atoms with van der Waals surface area (Å²) < 4.78 is 17.2. The fourth-order valence-electron chi connectivity index (χ4n) is 3.45. The highest BCUT2D eigenvalue weighted by molar-refractivity contribution is 7.50. The van der Waals surface area contributed by atoms with Crippen LogP contribution in [0.1, 0.15) is 24.6 Å². The van der Waals surface area contributed by atoms with Crippen LogP contribution in [-0.4, -0.2) is 66.2 Å². The number of aromatic amines is 1. The van der Waals surface area contributed by atoms with E-state index in [-0.39, 0.29) is 25.3 Å². The molecule has 1 saturated heterocycles. The second kappa shape index (κ2) is 11.1. The number of carbonyl (C=O) groups is 2. The highest BCUT2D eigenvalue weighted by atomic mass is 31.2. The Bertz CT molecular complexity index is 1220. The van der Waals surface area contributed by atoms with Crippen LogP contribution in [0.15, 0.2) is 46.1 Å². The molecule has 0 radical (unpaired) electrons. The number of aromatic nitrogens is 2. The molecule has 1 aliphatic rings. The minimum absolute atomic E-state index is 0.0383. The largest absolute Gasteiger partial charge is 0.387 e. The quantitative estimate of drug-likeness (QED) is 0.150. The molecule has 3 rings (SSSR count). The molecule has 0 saturated carbocycles. The Morgan fingerprint density at radius 1 is 1.09 bits per heavy atom. The Balaban J connectivity index is 1.44. The monoisotopic (exact) mass is 512 g/mol. The second-order valence-electron chi connectivity index (χ2n) is 7.91. The Kier molecular flexibility index (Phi) is 8.38. The van der Waals surface area contributed by atoms with Crippen LogP contribution in [0, 0.1) is 0 Å². The summed E-state index contributed by atoms with van der Waals surface area (Å²) >= 11 is 0. The van der Waals surface area contributed by atoms with Gasteiger partial charge in [-0.3, -0.25) is 28.5 Å². The van der Waals surface area contributed by atoms with Crippen molar-refractivity contribution >= 4 is 25.1 Å². The van der Waals surface area contributed by atoms with E-state index in [9.17, 15) is 34.0 Å². The number of rotatable bonds is 9. The number of nitrogens with one attached hydrogen (secondary N) is 3. The van der Waals surface area contributed by atoms with Gasteiger partial charge in [0.1, 0.15) is 12.2 Å². The van der Waals surface area contributed by atoms with Crippen molar-refractivity contribution in [3.8, 4) is 0 Å². The number of anilines is 1. The summed E-state index contributed by atoms with van der Waals surface area (Å²) in [6.07, 6.45) is -5.15. The first-order valence-corrected chi connectivity index (χ1v) is 12.3. The fourth-order valence-corrected chi connectivity index (χ4v) is 4.14. The number of nitrogens with zero attached hydrogens (tertiary/aromatic N) is 1. The van der Waals surface area contributed by atoms with Gasteiger partial charge in [-0.25, -0.2) is 4.79 Å². The summed E-state index contributed by atoms with van der Waals surface area (Å²) in [5, 5.41) is 25.5. The highest BCUT2D eigenvalue weighted by Crippen LogP contribution is 2.39. The zero-order valence-corrected chi connectivity index (χ0v) is 19.1. The van der Waals surface area contributed by atoms with Gasteiger partial charge in [-0.1, -0.05) is 12.1 Å². The third-order valence-corrected chi connectivity index (χ3v) is 5.91. The molecule has 1 fully saturated rings. The standard InChI is InChI=1S/C20H25N4O10P/c25-13(22-12-5-3-11(4-6-12)10-35(31,32)33)2-1-8-21-18(29)17-15(27)16(28)19(34-17)24-9-7-14(26)23-20(24)30/h3-7,9,15-17,19,27-28H,1-2,8,10H2,(H,21,29)(H,22,25)(H,23,26,30)(H2,31,32,33)/t15-,16-,17-,19+/m0/s1. The van der Waals surface area contributed by atoms with Gasteiger partial charge in [0, 0.05) is 30.9 Å². The lowest BCUT2D eigenvalue weighted by molar-refractivity contribution is -0.138. The van der Waals surface area contributed by atoms with E-state index in [1.54, 1.807) is 0 Å². The summed E-state index contributed by atoms with van der Waals surface area (Å²) in [7, 11) is -4.18. The van der Waals surface area contributed by atoms with E-state index in [2.05, 4.69) is 10.6 Å². The number of amides is 2. The summed E-state index contributed by atoms with van der Waals surface area (Å²) in [5.74, 6) is -1.11. The zero-order chi connectivity index (χ0) is 25.8. The lowest BCUT2D eigenvalue weighted by Gasteiger charge is -2.16. The highest BCUT2D eigenvalue weighted by Gasteiger charge is 2.47. The number of ether oxygens (including phenoxy) is 1. The number of aliphatic hydroxyl groups is 2. The average molecular weight is 512 g/mol. The predicted molar refractivity (Wildman–Crippen MR) is 120 cm³/mol. The Hall–Kier alpha value is -3.13. The normalized spacial score (nSPS) is 22.1. The maximum absolute atomic E-state index is 12.4. The first-order chi connectivity index (χ1) is 16.4. The van der Waals surface area contributed by atoms with Gasteiger partial charge in [0.05, 0.1) is 6.16 Å². The van der Waals surface area contributed by atoms with Gasteiger partial charge < -0.3 is 35.4 Å². The molecule has 7 N–H and O–H groups in total. The van der Waals surface area contributed by atoms with Crippen LogP contribution in [0.25, 0.3) is 0 Å². The molecule has 0 bridgehead atoms. The molecule has 1 aromatic heterocycles. The van der Waals surface area contributed by atoms with Crippen molar-refractivity contribution in [2.45, 2.75) is 43.5 Å². The van der Waals surface area contributed by atoms with E-state index in [1.165, 1.54) is 24.3 Å². The van der Waals surface area contributed by atoms with Crippen LogP contribution in [0.3, 0.4) is 0 Å². The van der Waals surface area contributed by atoms with Crippen LogP contribution in [0.5, 0.6) is 0 Å². The topological polar surface area (TPSA) is 220 Å². The van der Waals surface area contributed by atoms with E-state index < -0.39 is 55.5 Å². The molecule has 15 heteroatoms. The lowest BCUT2D eigenvalue weighted by Crippen LogP contribution is -2.43. The van der Waals surface area contributed by atoms with E-state index in [1.807, 2.05) is 4.98 Å². The SMILES string of the molecule is O=C(CCCNC(=O)[C@H]1O[C@@H](n2ccc(=O)[nH]c2=O)[C@@H](O)[C@@H]1O)Nc1ccc(CP(=O)(O)O)cc1. The van der Waals surface area contributed by atoms with E-state index in [4.69, 9.17) is 14.5 Å². The zero-order valence-electron chi connectivity index (χ0n) is 18.2. The molecule has 190 valence electrons. The second-order valence-corrected chi connectivity index (χ2v) is 9.55. The molecule has 0 spiro atoms. The third-order valence-electron chi connectivity index (χ3n) is 5.13. The number of benzene rings is 1. The van der Waals surface area contributed by atoms with Gasteiger partial charge in [0.2, 0.25) is 5.91 Å². The van der Waals surface area contributed by atoms with Crippen molar-refractivity contribution in [2.24, 2.45) is 0 Å². The van der Waals surface area contributed by atoms with Crippen LogP contribution in [0.2, 0.25) is 0 Å². The van der Waals surface area contributed by atoms with Crippen molar-refractivity contribution in [3.63, 3.8) is 0 Å². The van der Waals surface area contributed by atoms with Crippen LogP contribution in [0.4, 0.5) is 5.69 Å². The van der Waals surface area contributed by atoms with Crippen molar-refractivity contribution in [3.05, 3.63) is 62.9 Å². The van der Waals surface area contributed by atoms with Crippen LogP contribution < -0.4 is 21.9 Å². The Labute approximate surface area is 197 Å². The maximum atomic E-state index is 12.4. The van der Waals surface area contributed by atoms with E-state index in [0.29, 0.717) is 11.3 Å². The molecule has 2 heterocycles. The number of carbonyl (C=O) groups excluding carboxylic acids is 2. The lowest BCUT2D eigenvalue weighted by atomic mass is 10.1. The average Bonchev–Trinajstić information content (AvgIpc) is 3.06. The molecule has 35 heavy (non-hydrogen) atoms. The van der Waals surface area contributed by atoms with Crippen molar-refractivity contribution in [2.75, 3.05) is 11.9 Å². The molecule has 2 amide bonds. The Morgan fingerprint density at radius 2 is 1.77 bits per heavy atom.